The van der Waals surface area contributed by atoms with E-state index in [2.05, 4.69) is 35.1 Å². The van der Waals surface area contributed by atoms with Crippen molar-refractivity contribution in [3.05, 3.63) is 0 Å². The van der Waals surface area contributed by atoms with Crippen molar-refractivity contribution in [3.63, 3.8) is 0 Å². The lowest BCUT2D eigenvalue weighted by Gasteiger charge is -2.38. The third-order valence-corrected chi connectivity index (χ3v) is 11.2. The van der Waals surface area contributed by atoms with Crippen LogP contribution in [0, 0.1) is 40.4 Å². The van der Waals surface area contributed by atoms with E-state index in [-0.39, 0.29) is 46.7 Å². The highest BCUT2D eigenvalue weighted by Gasteiger charge is 2.70. The Hall–Kier alpha value is -2.98. The van der Waals surface area contributed by atoms with Gasteiger partial charge in [0.25, 0.3) is 5.91 Å². The summed E-state index contributed by atoms with van der Waals surface area (Å²) in [6.07, 6.45) is 9.04. The number of nitrogens with zero attached hydrogens (tertiary/aromatic N) is 1. The molecule has 0 aromatic carbocycles. The van der Waals surface area contributed by atoms with Gasteiger partial charge in [-0.25, -0.2) is 4.79 Å². The Morgan fingerprint density at radius 1 is 0.867 bits per heavy atom. The second-order valence-electron chi connectivity index (χ2n) is 16.0. The van der Waals surface area contributed by atoms with Crippen LogP contribution in [0.25, 0.3) is 0 Å². The van der Waals surface area contributed by atoms with Crippen molar-refractivity contribution in [2.45, 2.75) is 123 Å². The molecule has 1 unspecified atom stereocenters. The Bertz CT molecular complexity index is 1210. The Kier molecular flexibility index (Phi) is 9.40. The summed E-state index contributed by atoms with van der Waals surface area (Å²) in [4.78, 5) is 81.7. The lowest BCUT2D eigenvalue weighted by molar-refractivity contribution is -0.145. The quantitative estimate of drug-likeness (QED) is 0.244. The SMILES string of the molecule is CNC(=O)C(=O)C(CC1CC1)NC(=O)[C@@H]1[C@@H]2[C@H](CN1C(=O)[C@@H](NC(=O)N[C@H](C(=O)C1CC1)C1CCCCC1)C(C)(C)C)C2(C)C. The van der Waals surface area contributed by atoms with Gasteiger partial charge in [-0.1, -0.05) is 66.7 Å². The molecule has 11 nitrogen and oxygen atoms in total. The van der Waals surface area contributed by atoms with Gasteiger partial charge in [-0.3, -0.25) is 24.0 Å². The van der Waals surface area contributed by atoms with Gasteiger partial charge in [-0.15, -0.1) is 0 Å². The second kappa shape index (κ2) is 12.7. The van der Waals surface area contributed by atoms with E-state index < -0.39 is 53.2 Å². The highest BCUT2D eigenvalue weighted by molar-refractivity contribution is 6.38. The second-order valence-corrected chi connectivity index (χ2v) is 16.0. The molecular formula is C34H53N5O6. The van der Waals surface area contributed by atoms with E-state index in [0.29, 0.717) is 13.0 Å². The molecule has 1 aliphatic heterocycles. The van der Waals surface area contributed by atoms with E-state index in [9.17, 15) is 28.8 Å². The van der Waals surface area contributed by atoms with Gasteiger partial charge >= 0.3 is 6.03 Å². The number of urea groups is 1. The topological polar surface area (TPSA) is 154 Å². The van der Waals surface area contributed by atoms with Crippen LogP contribution < -0.4 is 21.3 Å². The normalized spacial score (nSPS) is 27.8. The van der Waals surface area contributed by atoms with Crippen LogP contribution in [-0.4, -0.2) is 78.0 Å². The first-order chi connectivity index (χ1) is 21.1. The van der Waals surface area contributed by atoms with Crippen LogP contribution in [0.15, 0.2) is 0 Å². The summed E-state index contributed by atoms with van der Waals surface area (Å²) < 4.78 is 0. The van der Waals surface area contributed by atoms with E-state index in [1.807, 2.05) is 20.8 Å². The van der Waals surface area contributed by atoms with Gasteiger partial charge < -0.3 is 26.2 Å². The number of piperidine rings is 1. The van der Waals surface area contributed by atoms with Crippen LogP contribution in [0.1, 0.15) is 98.8 Å². The fourth-order valence-corrected chi connectivity index (χ4v) is 7.91. The van der Waals surface area contributed by atoms with Gasteiger partial charge in [0, 0.05) is 19.5 Å². The molecule has 45 heavy (non-hydrogen) atoms. The minimum atomic E-state index is -0.953. The third kappa shape index (κ3) is 7.22. The molecule has 4 saturated carbocycles. The molecular weight excluding hydrogens is 574 g/mol. The number of hydrogen-bond acceptors (Lipinski definition) is 6. The van der Waals surface area contributed by atoms with Crippen molar-refractivity contribution >= 4 is 35.3 Å². The van der Waals surface area contributed by atoms with Gasteiger partial charge in [0.15, 0.2) is 5.78 Å². The van der Waals surface area contributed by atoms with Crippen LogP contribution in [-0.2, 0) is 24.0 Å². The number of ketones is 2. The van der Waals surface area contributed by atoms with Crippen molar-refractivity contribution in [1.29, 1.82) is 0 Å². The van der Waals surface area contributed by atoms with E-state index >= 15 is 0 Å². The van der Waals surface area contributed by atoms with Gasteiger partial charge in [0.2, 0.25) is 17.6 Å². The Morgan fingerprint density at radius 2 is 1.51 bits per heavy atom. The van der Waals surface area contributed by atoms with Crippen molar-refractivity contribution < 1.29 is 28.8 Å². The number of amides is 5. The molecule has 0 bridgehead atoms. The molecule has 0 aromatic rings. The lowest BCUT2D eigenvalue weighted by atomic mass is 9.81. The van der Waals surface area contributed by atoms with Crippen LogP contribution >= 0.6 is 0 Å². The number of carbonyl (C=O) groups is 6. The number of hydrogen-bond donors (Lipinski definition) is 4. The van der Waals surface area contributed by atoms with Crippen LogP contribution in [0.3, 0.4) is 0 Å². The summed E-state index contributed by atoms with van der Waals surface area (Å²) in [6, 6.07) is -3.83. The molecule has 0 spiro atoms. The predicted molar refractivity (Wildman–Crippen MR) is 168 cm³/mol. The smallest absolute Gasteiger partial charge is 0.316 e. The molecule has 5 fully saturated rings. The molecule has 4 N–H and O–H groups in total. The molecule has 250 valence electrons. The first-order valence-corrected chi connectivity index (χ1v) is 17.1. The maximum absolute atomic E-state index is 14.3. The Balaban J connectivity index is 1.32. The lowest BCUT2D eigenvalue weighted by Crippen LogP contribution is -2.62. The average Bonchev–Trinajstić information content (AvgIpc) is 3.94. The highest BCUT2D eigenvalue weighted by atomic mass is 16.2. The molecule has 1 saturated heterocycles. The minimum absolute atomic E-state index is 0.00949. The molecule has 1 heterocycles. The van der Waals surface area contributed by atoms with Gasteiger partial charge in [0.05, 0.1) is 12.1 Å². The maximum atomic E-state index is 14.3. The number of rotatable bonds is 12. The maximum Gasteiger partial charge on any atom is 0.316 e. The van der Waals surface area contributed by atoms with Crippen molar-refractivity contribution in [2.75, 3.05) is 13.6 Å². The summed E-state index contributed by atoms with van der Waals surface area (Å²) in [6.45, 7) is 10.1. The van der Waals surface area contributed by atoms with Crippen molar-refractivity contribution in [1.82, 2.24) is 26.2 Å². The standard InChI is InChI=1S/C34H53N5O6/c1-33(2,3)28(38-32(45)37-24(26(40)20-14-15-20)19-10-8-7-9-11-19)31(44)39-17-21-23(34(21,4)5)25(39)29(42)36-22(16-18-12-13-18)27(41)30(43)35-6/h18-25,28H,7-17H2,1-6H3,(H,35,43)(H,36,42)(H2,37,38,45)/t21-,22?,23-,24-,25-,28+/m0/s1. The van der Waals surface area contributed by atoms with Crippen LogP contribution in [0.4, 0.5) is 4.79 Å². The summed E-state index contributed by atoms with van der Waals surface area (Å²) in [5.74, 6) is -1.73. The summed E-state index contributed by atoms with van der Waals surface area (Å²) in [7, 11) is 1.39. The van der Waals surface area contributed by atoms with Gasteiger partial charge in [0.1, 0.15) is 12.1 Å². The number of fused-ring (bicyclic) bond motifs is 1. The summed E-state index contributed by atoms with van der Waals surface area (Å²) >= 11 is 0. The van der Waals surface area contributed by atoms with Crippen molar-refractivity contribution in [3.8, 4) is 0 Å². The van der Waals surface area contributed by atoms with Crippen LogP contribution in [0.2, 0.25) is 0 Å². The number of Topliss-reactive ketones (excluding diaryl/α,β-unsaturated/α-hetero) is 2. The van der Waals surface area contributed by atoms with E-state index in [1.54, 1.807) is 4.90 Å². The fourth-order valence-electron chi connectivity index (χ4n) is 7.91. The molecule has 4 aliphatic carbocycles. The minimum Gasteiger partial charge on any atom is -0.353 e. The molecule has 6 atom stereocenters. The van der Waals surface area contributed by atoms with E-state index in [1.165, 1.54) is 7.05 Å². The number of carbonyl (C=O) groups excluding carboxylic acids is 6. The first kappa shape index (κ1) is 33.4. The van der Waals surface area contributed by atoms with E-state index in [0.717, 1.165) is 57.8 Å². The number of nitrogens with one attached hydrogen (secondary N) is 4. The number of likely N-dealkylation sites (N-methyl/N-ethyl adjacent to an activating group) is 1. The third-order valence-electron chi connectivity index (χ3n) is 11.2. The largest absolute Gasteiger partial charge is 0.353 e. The van der Waals surface area contributed by atoms with E-state index in [4.69, 9.17) is 0 Å². The van der Waals surface area contributed by atoms with Crippen molar-refractivity contribution in [2.24, 2.45) is 40.4 Å². The average molecular weight is 628 g/mol. The zero-order valence-corrected chi connectivity index (χ0v) is 27.9. The molecule has 11 heteroatoms. The Labute approximate surface area is 267 Å². The van der Waals surface area contributed by atoms with Gasteiger partial charge in [-0.2, -0.15) is 0 Å². The van der Waals surface area contributed by atoms with Crippen LogP contribution in [0.5, 0.6) is 0 Å². The fraction of sp³-hybridized carbons (Fsp3) is 0.824. The molecule has 0 radical (unpaired) electrons. The Morgan fingerprint density at radius 3 is 2.07 bits per heavy atom. The molecule has 5 amide bonds. The van der Waals surface area contributed by atoms with Gasteiger partial charge in [-0.05, 0) is 66.6 Å². The summed E-state index contributed by atoms with van der Waals surface area (Å²) in [5.41, 5.74) is -0.851. The number of likely N-dealkylation sites (tertiary alicyclic amines) is 1. The monoisotopic (exact) mass is 627 g/mol. The zero-order valence-electron chi connectivity index (χ0n) is 27.9. The highest BCUT2D eigenvalue weighted by Crippen LogP contribution is 2.65. The predicted octanol–water partition coefficient (Wildman–Crippen LogP) is 2.71. The summed E-state index contributed by atoms with van der Waals surface area (Å²) in [5, 5.41) is 11.1. The molecule has 5 aliphatic rings. The first-order valence-electron chi connectivity index (χ1n) is 17.1. The molecule has 0 aromatic heterocycles. The molecule has 5 rings (SSSR count). The zero-order chi connectivity index (χ0) is 32.8.